The number of aromatic nitrogens is 1. The molecule has 0 aliphatic heterocycles. The van der Waals surface area contributed by atoms with Gasteiger partial charge in [-0.1, -0.05) is 0 Å². The first-order valence-corrected chi connectivity index (χ1v) is 6.08. The zero-order valence-corrected chi connectivity index (χ0v) is 11.3. The highest BCUT2D eigenvalue weighted by molar-refractivity contribution is 5.88. The minimum Gasteiger partial charge on any atom is -0.496 e. The number of ether oxygens (including phenoxy) is 1. The van der Waals surface area contributed by atoms with Gasteiger partial charge in [0, 0.05) is 17.8 Å². The van der Waals surface area contributed by atoms with Gasteiger partial charge in [0.25, 0.3) is 5.56 Å². The van der Waals surface area contributed by atoms with Crippen LogP contribution in [0.15, 0.2) is 41.3 Å². The van der Waals surface area contributed by atoms with Crippen LogP contribution in [-0.4, -0.2) is 22.8 Å². The molecule has 0 aliphatic carbocycles. The largest absolute Gasteiger partial charge is 0.496 e. The van der Waals surface area contributed by atoms with Crippen LogP contribution in [0.4, 0.5) is 0 Å². The van der Waals surface area contributed by atoms with Gasteiger partial charge in [-0.2, -0.15) is 0 Å². The van der Waals surface area contributed by atoms with E-state index in [2.05, 4.69) is 0 Å². The van der Waals surface area contributed by atoms with E-state index < -0.39 is 5.97 Å². The molecule has 0 bridgehead atoms. The summed E-state index contributed by atoms with van der Waals surface area (Å²) in [6.45, 7) is 2.11. The van der Waals surface area contributed by atoms with Crippen molar-refractivity contribution in [2.75, 3.05) is 7.11 Å². The zero-order valence-electron chi connectivity index (χ0n) is 11.3. The molecule has 1 heterocycles. The predicted octanol–water partition coefficient (Wildman–Crippen LogP) is 1.91. The molecule has 0 aliphatic rings. The monoisotopic (exact) mass is 273 g/mol. The van der Waals surface area contributed by atoms with Crippen molar-refractivity contribution >= 4 is 5.97 Å². The minimum atomic E-state index is -1.01. The molecule has 20 heavy (non-hydrogen) atoms. The number of carboxylic acid groups (broad SMARTS) is 1. The maximum absolute atomic E-state index is 11.9. The number of hydrogen-bond acceptors (Lipinski definition) is 3. The second-order valence-electron chi connectivity index (χ2n) is 4.50. The third kappa shape index (κ3) is 2.88. The molecule has 0 saturated carbocycles. The van der Waals surface area contributed by atoms with Crippen LogP contribution < -0.4 is 10.3 Å². The topological polar surface area (TPSA) is 68.5 Å². The lowest BCUT2D eigenvalue weighted by atomic mass is 10.1. The molecule has 0 unspecified atom stereocenters. The van der Waals surface area contributed by atoms with Crippen molar-refractivity contribution in [3.63, 3.8) is 0 Å². The second kappa shape index (κ2) is 5.61. The molecular weight excluding hydrogens is 258 g/mol. The summed E-state index contributed by atoms with van der Waals surface area (Å²) < 4.78 is 6.72. The van der Waals surface area contributed by atoms with Crippen molar-refractivity contribution in [3.8, 4) is 5.75 Å². The van der Waals surface area contributed by atoms with Gasteiger partial charge in [0.05, 0.1) is 19.2 Å². The van der Waals surface area contributed by atoms with Crippen LogP contribution in [0.25, 0.3) is 0 Å². The number of hydrogen-bond donors (Lipinski definition) is 1. The Kier molecular flexibility index (Phi) is 3.89. The molecule has 1 aromatic heterocycles. The molecule has 0 fully saturated rings. The summed E-state index contributed by atoms with van der Waals surface area (Å²) in [5.74, 6) is -0.451. The Morgan fingerprint density at radius 2 is 2.05 bits per heavy atom. The Hall–Kier alpha value is -2.56. The molecule has 0 amide bonds. The van der Waals surface area contributed by atoms with Crippen molar-refractivity contribution in [1.29, 1.82) is 0 Å². The summed E-state index contributed by atoms with van der Waals surface area (Å²) in [7, 11) is 1.51. The number of aromatic carboxylic acids is 1. The first kappa shape index (κ1) is 13.9. The van der Waals surface area contributed by atoms with Gasteiger partial charge in [0.1, 0.15) is 5.75 Å². The lowest BCUT2D eigenvalue weighted by Crippen LogP contribution is -2.19. The van der Waals surface area contributed by atoms with Crippen molar-refractivity contribution in [2.24, 2.45) is 0 Å². The average molecular weight is 273 g/mol. The van der Waals surface area contributed by atoms with Crippen LogP contribution in [0.5, 0.6) is 5.75 Å². The average Bonchev–Trinajstić information content (AvgIpc) is 2.41. The Morgan fingerprint density at radius 3 is 2.65 bits per heavy atom. The Bertz CT molecular complexity index is 703. The van der Waals surface area contributed by atoms with Gasteiger partial charge in [-0.15, -0.1) is 0 Å². The summed E-state index contributed by atoms with van der Waals surface area (Å²) in [6.07, 6.45) is 1.69. The number of carboxylic acids is 1. The third-order valence-electron chi connectivity index (χ3n) is 3.02. The number of benzene rings is 1. The van der Waals surface area contributed by atoms with Crippen LogP contribution in [0.2, 0.25) is 0 Å². The number of carbonyl (C=O) groups is 1. The molecule has 5 nitrogen and oxygen atoms in total. The fourth-order valence-electron chi connectivity index (χ4n) is 1.96. The summed E-state index contributed by atoms with van der Waals surface area (Å²) in [6, 6.07) is 7.95. The van der Waals surface area contributed by atoms with Gasteiger partial charge < -0.3 is 14.4 Å². The van der Waals surface area contributed by atoms with E-state index in [1.807, 2.05) is 13.0 Å². The highest BCUT2D eigenvalue weighted by Gasteiger charge is 2.10. The molecule has 5 heteroatoms. The van der Waals surface area contributed by atoms with E-state index in [1.165, 1.54) is 29.9 Å². The van der Waals surface area contributed by atoms with Gasteiger partial charge in [-0.25, -0.2) is 4.79 Å². The number of rotatable bonds is 4. The quantitative estimate of drug-likeness (QED) is 0.924. The smallest absolute Gasteiger partial charge is 0.335 e. The van der Waals surface area contributed by atoms with Crippen molar-refractivity contribution in [3.05, 3.63) is 63.6 Å². The first-order valence-electron chi connectivity index (χ1n) is 6.08. The lowest BCUT2D eigenvalue weighted by Gasteiger charge is -2.11. The molecule has 0 atom stereocenters. The van der Waals surface area contributed by atoms with E-state index in [1.54, 1.807) is 12.3 Å². The number of aryl methyl sites for hydroxylation is 1. The number of nitrogens with zero attached hydrogens (tertiary/aromatic N) is 1. The van der Waals surface area contributed by atoms with E-state index in [0.29, 0.717) is 11.3 Å². The van der Waals surface area contributed by atoms with Gasteiger partial charge in [-0.3, -0.25) is 4.79 Å². The maximum atomic E-state index is 11.9. The first-order chi connectivity index (χ1) is 9.51. The molecule has 1 N–H and O–H groups in total. The fraction of sp³-hybridized carbons (Fsp3) is 0.200. The van der Waals surface area contributed by atoms with Crippen molar-refractivity contribution in [1.82, 2.24) is 4.57 Å². The molecule has 0 spiro atoms. The molecule has 0 saturated heterocycles. The molecular formula is C15H15NO4. The Morgan fingerprint density at radius 1 is 1.30 bits per heavy atom. The Labute approximate surface area is 116 Å². The summed E-state index contributed by atoms with van der Waals surface area (Å²) in [5.41, 5.74) is 1.57. The van der Waals surface area contributed by atoms with Crippen LogP contribution in [0.3, 0.4) is 0 Å². The van der Waals surface area contributed by atoms with E-state index >= 15 is 0 Å². The van der Waals surface area contributed by atoms with E-state index in [9.17, 15) is 9.59 Å². The van der Waals surface area contributed by atoms with E-state index in [0.717, 1.165) is 5.56 Å². The number of methoxy groups -OCH3 is 1. The summed E-state index contributed by atoms with van der Waals surface area (Å²) in [5, 5.41) is 9.02. The van der Waals surface area contributed by atoms with E-state index in [4.69, 9.17) is 9.84 Å². The molecule has 104 valence electrons. The van der Waals surface area contributed by atoms with Crippen molar-refractivity contribution < 1.29 is 14.6 Å². The van der Waals surface area contributed by atoms with Crippen LogP contribution in [0.1, 0.15) is 21.5 Å². The summed E-state index contributed by atoms with van der Waals surface area (Å²) in [4.78, 5) is 22.9. The van der Waals surface area contributed by atoms with Gasteiger partial charge in [0.2, 0.25) is 0 Å². The standard InChI is InChI=1S/C15H15NO4/c1-10-5-6-16(14(17)7-10)9-12-8-11(15(18)19)3-4-13(12)20-2/h3-8H,9H2,1-2H3,(H,18,19). The van der Waals surface area contributed by atoms with Crippen LogP contribution in [0, 0.1) is 6.92 Å². The maximum Gasteiger partial charge on any atom is 0.335 e. The van der Waals surface area contributed by atoms with Gasteiger partial charge in [-0.05, 0) is 36.8 Å². The van der Waals surface area contributed by atoms with Crippen molar-refractivity contribution in [2.45, 2.75) is 13.5 Å². The van der Waals surface area contributed by atoms with Gasteiger partial charge in [0.15, 0.2) is 0 Å². The number of pyridine rings is 1. The highest BCUT2D eigenvalue weighted by Crippen LogP contribution is 2.20. The normalized spacial score (nSPS) is 10.3. The molecule has 1 aromatic carbocycles. The third-order valence-corrected chi connectivity index (χ3v) is 3.02. The van der Waals surface area contributed by atoms with Crippen LogP contribution in [-0.2, 0) is 6.54 Å². The lowest BCUT2D eigenvalue weighted by molar-refractivity contribution is 0.0696. The Balaban J connectivity index is 2.43. The summed E-state index contributed by atoms with van der Waals surface area (Å²) >= 11 is 0. The SMILES string of the molecule is COc1ccc(C(=O)O)cc1Cn1ccc(C)cc1=O. The molecule has 2 aromatic rings. The second-order valence-corrected chi connectivity index (χ2v) is 4.50. The predicted molar refractivity (Wildman–Crippen MR) is 74.5 cm³/mol. The zero-order chi connectivity index (χ0) is 14.7. The van der Waals surface area contributed by atoms with E-state index in [-0.39, 0.29) is 17.7 Å². The van der Waals surface area contributed by atoms with Gasteiger partial charge >= 0.3 is 5.97 Å². The highest BCUT2D eigenvalue weighted by atomic mass is 16.5. The minimum absolute atomic E-state index is 0.132. The van der Waals surface area contributed by atoms with Crippen LogP contribution >= 0.6 is 0 Å². The fourth-order valence-corrected chi connectivity index (χ4v) is 1.96. The molecule has 2 rings (SSSR count). The molecule has 0 radical (unpaired) electrons.